The lowest BCUT2D eigenvalue weighted by molar-refractivity contribution is -0.385. The molecule has 0 unspecified atom stereocenters. The minimum Gasteiger partial charge on any atom is -0.490 e. The van der Waals surface area contributed by atoms with Crippen molar-refractivity contribution in [3.63, 3.8) is 0 Å². The second kappa shape index (κ2) is 10.3. The highest BCUT2D eigenvalue weighted by Gasteiger charge is 2.20. The first-order valence-electron chi connectivity index (χ1n) is 9.14. The number of nitrogens with zero attached hydrogens (tertiary/aromatic N) is 3. The first-order chi connectivity index (χ1) is 14.5. The minimum atomic E-state index is -0.462. The monoisotopic (exact) mass is 450 g/mol. The normalized spacial score (nSPS) is 12.7. The summed E-state index contributed by atoms with van der Waals surface area (Å²) in [5.41, 5.74) is 10.4. The molecule has 0 aliphatic carbocycles. The molecule has 2 heterocycles. The largest absolute Gasteiger partial charge is 0.490 e. The Morgan fingerprint density at radius 2 is 1.47 bits per heavy atom. The number of halogens is 2. The van der Waals surface area contributed by atoms with E-state index in [-0.39, 0.29) is 18.0 Å². The first-order valence-corrected chi connectivity index (χ1v) is 10.2. The molecule has 8 nitrogen and oxygen atoms in total. The van der Waals surface area contributed by atoms with Crippen molar-refractivity contribution in [3.8, 4) is 11.5 Å². The number of hydrogen-bond donors (Lipinski definition) is 1. The summed E-state index contributed by atoms with van der Waals surface area (Å²) in [6.07, 6.45) is 3.46. The van der Waals surface area contributed by atoms with Crippen LogP contribution in [0.3, 0.4) is 0 Å². The lowest BCUT2D eigenvalue weighted by Gasteiger charge is -2.09. The predicted octanol–water partition coefficient (Wildman–Crippen LogP) is 3.96. The van der Waals surface area contributed by atoms with Crippen LogP contribution in [0.5, 0.6) is 11.5 Å². The van der Waals surface area contributed by atoms with E-state index in [0.29, 0.717) is 42.9 Å². The molecule has 4 rings (SSSR count). The second-order valence-corrected chi connectivity index (χ2v) is 7.14. The maximum Gasteiger partial charge on any atom is 0.311 e. The van der Waals surface area contributed by atoms with Gasteiger partial charge in [-0.15, -0.1) is 23.2 Å². The van der Waals surface area contributed by atoms with Crippen molar-refractivity contribution in [2.45, 2.75) is 13.1 Å². The van der Waals surface area contributed by atoms with Gasteiger partial charge >= 0.3 is 5.69 Å². The summed E-state index contributed by atoms with van der Waals surface area (Å²) >= 11 is 11.0. The quantitative estimate of drug-likeness (QED) is 0.296. The lowest BCUT2D eigenvalue weighted by Crippen LogP contribution is -2.02. The Morgan fingerprint density at radius 3 is 2.03 bits per heavy atom. The number of nitrogen functional groups attached to an aromatic ring is 1. The maximum atomic E-state index is 10.8. The lowest BCUT2D eigenvalue weighted by atomic mass is 10.1. The van der Waals surface area contributed by atoms with Crippen LogP contribution in [0.1, 0.15) is 22.3 Å². The highest BCUT2D eigenvalue weighted by Crippen LogP contribution is 2.32. The Kier molecular flexibility index (Phi) is 7.48. The molecule has 2 aromatic rings. The third kappa shape index (κ3) is 5.20. The van der Waals surface area contributed by atoms with E-state index in [1.807, 2.05) is 18.3 Å². The summed E-state index contributed by atoms with van der Waals surface area (Å²) in [5, 5.41) is 10.8. The molecule has 0 fully saturated rings. The van der Waals surface area contributed by atoms with Crippen molar-refractivity contribution >= 4 is 47.0 Å². The number of alkyl halides is 2. The topological polar surface area (TPSA) is 112 Å². The standard InChI is InChI=1S/C10H9ClN2O3.C10H11ClN2O/c11-1-2-16-10-4-8-6-12-5-7(8)3-9(10)13(14)15;11-1-2-14-10-4-8-6-13-5-7(8)3-9(10)12/h3-5H,1-2,6H2;3-5H,1-2,6,12H2. The van der Waals surface area contributed by atoms with Gasteiger partial charge in [0, 0.05) is 24.1 Å². The molecular weight excluding hydrogens is 431 g/mol. The number of rotatable bonds is 7. The number of anilines is 1. The van der Waals surface area contributed by atoms with E-state index in [4.69, 9.17) is 38.4 Å². The number of ether oxygens (including phenoxy) is 2. The highest BCUT2D eigenvalue weighted by atomic mass is 35.5. The number of aliphatic imine (C=N–C) groups is 2. The van der Waals surface area contributed by atoms with Crippen LogP contribution in [0.15, 0.2) is 34.3 Å². The molecule has 0 aromatic heterocycles. The van der Waals surface area contributed by atoms with Crippen LogP contribution in [0.25, 0.3) is 0 Å². The van der Waals surface area contributed by atoms with E-state index in [0.717, 1.165) is 22.3 Å². The van der Waals surface area contributed by atoms with E-state index in [1.54, 1.807) is 12.3 Å². The number of benzene rings is 2. The number of fused-ring (bicyclic) bond motifs is 2. The van der Waals surface area contributed by atoms with Gasteiger partial charge in [-0.1, -0.05) is 0 Å². The van der Waals surface area contributed by atoms with Gasteiger partial charge in [0.2, 0.25) is 0 Å². The van der Waals surface area contributed by atoms with Gasteiger partial charge in [0.25, 0.3) is 0 Å². The Labute approximate surface area is 183 Å². The van der Waals surface area contributed by atoms with Gasteiger partial charge in [0.1, 0.15) is 19.0 Å². The van der Waals surface area contributed by atoms with Crippen molar-refractivity contribution < 1.29 is 14.4 Å². The SMILES string of the molecule is Nc1cc2c(cc1OCCCl)CN=C2.O=[N+]([O-])c1cc2c(cc1OCCCl)CN=C2. The molecule has 158 valence electrons. The molecule has 0 bridgehead atoms. The zero-order valence-corrected chi connectivity index (χ0v) is 17.5. The van der Waals surface area contributed by atoms with Crippen molar-refractivity contribution in [2.24, 2.45) is 9.98 Å². The maximum absolute atomic E-state index is 10.8. The van der Waals surface area contributed by atoms with Crippen LogP contribution >= 0.6 is 23.2 Å². The van der Waals surface area contributed by atoms with Gasteiger partial charge in [-0.3, -0.25) is 20.1 Å². The van der Waals surface area contributed by atoms with Gasteiger partial charge in [-0.25, -0.2) is 0 Å². The molecule has 30 heavy (non-hydrogen) atoms. The van der Waals surface area contributed by atoms with Crippen molar-refractivity contribution in [3.05, 3.63) is 56.6 Å². The predicted molar refractivity (Wildman–Crippen MR) is 119 cm³/mol. The van der Waals surface area contributed by atoms with Crippen molar-refractivity contribution in [2.75, 3.05) is 30.7 Å². The molecule has 0 spiro atoms. The Hall–Kier alpha value is -2.84. The summed E-state index contributed by atoms with van der Waals surface area (Å²) in [5.74, 6) is 1.72. The Bertz CT molecular complexity index is 995. The van der Waals surface area contributed by atoms with Gasteiger partial charge < -0.3 is 15.2 Å². The Balaban J connectivity index is 0.000000172. The average molecular weight is 451 g/mol. The van der Waals surface area contributed by atoms with Crippen LogP contribution in [0, 0.1) is 10.1 Å². The fourth-order valence-corrected chi connectivity index (χ4v) is 3.12. The van der Waals surface area contributed by atoms with Gasteiger partial charge in [0.05, 0.1) is 35.5 Å². The summed E-state index contributed by atoms with van der Waals surface area (Å²) < 4.78 is 10.6. The van der Waals surface area contributed by atoms with E-state index in [1.165, 1.54) is 6.07 Å². The third-order valence-corrected chi connectivity index (χ3v) is 4.65. The fraction of sp³-hybridized carbons (Fsp3) is 0.300. The van der Waals surface area contributed by atoms with Crippen molar-refractivity contribution in [1.82, 2.24) is 0 Å². The molecule has 2 aliphatic heterocycles. The molecule has 0 saturated heterocycles. The minimum absolute atomic E-state index is 0.0442. The summed E-state index contributed by atoms with van der Waals surface area (Å²) in [6, 6.07) is 6.96. The highest BCUT2D eigenvalue weighted by molar-refractivity contribution is 6.18. The molecule has 0 radical (unpaired) electrons. The summed E-state index contributed by atoms with van der Waals surface area (Å²) in [7, 11) is 0. The van der Waals surface area contributed by atoms with E-state index < -0.39 is 4.92 Å². The van der Waals surface area contributed by atoms with Crippen LogP contribution in [0.2, 0.25) is 0 Å². The molecule has 0 saturated carbocycles. The van der Waals surface area contributed by atoms with Gasteiger partial charge in [-0.05, 0) is 34.9 Å². The first kappa shape index (κ1) is 21.9. The van der Waals surface area contributed by atoms with E-state index >= 15 is 0 Å². The van der Waals surface area contributed by atoms with Gasteiger partial charge in [0.15, 0.2) is 5.75 Å². The molecule has 2 aliphatic rings. The van der Waals surface area contributed by atoms with Crippen LogP contribution in [0.4, 0.5) is 11.4 Å². The smallest absolute Gasteiger partial charge is 0.311 e. The molecule has 2 aromatic carbocycles. The van der Waals surface area contributed by atoms with Crippen LogP contribution in [-0.4, -0.2) is 42.3 Å². The number of hydrogen-bond acceptors (Lipinski definition) is 7. The Morgan fingerprint density at radius 1 is 0.933 bits per heavy atom. The average Bonchev–Trinajstić information content (AvgIpc) is 3.38. The molecule has 0 amide bonds. The number of nitro groups is 1. The third-order valence-electron chi connectivity index (χ3n) is 4.34. The van der Waals surface area contributed by atoms with Crippen LogP contribution < -0.4 is 15.2 Å². The summed E-state index contributed by atoms with van der Waals surface area (Å²) in [4.78, 5) is 18.6. The van der Waals surface area contributed by atoms with Crippen molar-refractivity contribution in [1.29, 1.82) is 0 Å². The molecule has 2 N–H and O–H groups in total. The number of nitrogens with two attached hydrogens (primary N) is 1. The fourth-order valence-electron chi connectivity index (χ4n) is 2.96. The van der Waals surface area contributed by atoms with Gasteiger partial charge in [-0.2, -0.15) is 0 Å². The molecule has 0 atom stereocenters. The molecular formula is C20H20Cl2N4O4. The second-order valence-electron chi connectivity index (χ2n) is 6.38. The van der Waals surface area contributed by atoms with E-state index in [9.17, 15) is 10.1 Å². The number of nitro benzene ring substituents is 1. The van der Waals surface area contributed by atoms with E-state index in [2.05, 4.69) is 9.98 Å². The zero-order chi connectivity index (χ0) is 21.5. The zero-order valence-electron chi connectivity index (χ0n) is 16.0. The van der Waals surface area contributed by atoms with Crippen LogP contribution in [-0.2, 0) is 13.1 Å². The summed E-state index contributed by atoms with van der Waals surface area (Å²) in [6.45, 7) is 1.99. The molecule has 10 heteroatoms.